The summed E-state index contributed by atoms with van der Waals surface area (Å²) in [5, 5.41) is 11.9. The van der Waals surface area contributed by atoms with Crippen LogP contribution >= 0.6 is 23.2 Å². The SMILES string of the molecule is O[C@H](/C=C(\c1ccccc1)c1ccc(Cl)cc1)c1ccc(Cl)cc1. The Bertz CT molecular complexity index is 822. The first-order valence-electron chi connectivity index (χ1n) is 7.60. The molecule has 3 aromatic carbocycles. The molecule has 0 radical (unpaired) electrons. The van der Waals surface area contributed by atoms with Crippen molar-refractivity contribution >= 4 is 28.8 Å². The van der Waals surface area contributed by atoms with Crippen molar-refractivity contribution in [3.63, 3.8) is 0 Å². The molecule has 0 fully saturated rings. The Morgan fingerprint density at radius 1 is 0.708 bits per heavy atom. The number of halogens is 2. The van der Waals surface area contributed by atoms with Gasteiger partial charge in [-0.05, 0) is 52.6 Å². The lowest BCUT2D eigenvalue weighted by Gasteiger charge is -2.13. The minimum Gasteiger partial charge on any atom is -0.384 e. The molecule has 0 saturated heterocycles. The van der Waals surface area contributed by atoms with Gasteiger partial charge in [0, 0.05) is 10.0 Å². The molecule has 0 aliphatic heterocycles. The molecule has 1 N–H and O–H groups in total. The summed E-state index contributed by atoms with van der Waals surface area (Å²) in [6.07, 6.45) is 1.12. The van der Waals surface area contributed by atoms with Gasteiger partial charge in [0.05, 0.1) is 6.10 Å². The highest BCUT2D eigenvalue weighted by molar-refractivity contribution is 6.30. The lowest BCUT2D eigenvalue weighted by atomic mass is 9.95. The van der Waals surface area contributed by atoms with Crippen LogP contribution < -0.4 is 0 Å². The van der Waals surface area contributed by atoms with Crippen LogP contribution in [-0.4, -0.2) is 5.11 Å². The standard InChI is InChI=1S/C21H16Cl2O/c22-18-10-6-16(7-11-18)20(15-4-2-1-3-5-15)14-21(24)17-8-12-19(23)13-9-17/h1-14,21,24H/b20-14+/t21-/m1/s1. The van der Waals surface area contributed by atoms with E-state index in [0.717, 1.165) is 22.3 Å². The van der Waals surface area contributed by atoms with E-state index in [1.165, 1.54) is 0 Å². The quantitative estimate of drug-likeness (QED) is 0.594. The predicted octanol–water partition coefficient (Wildman–Crippen LogP) is 6.16. The molecular weight excluding hydrogens is 339 g/mol. The maximum absolute atomic E-state index is 10.6. The van der Waals surface area contributed by atoms with Crippen molar-refractivity contribution in [1.82, 2.24) is 0 Å². The first kappa shape index (κ1) is 16.8. The number of aliphatic hydroxyl groups is 1. The average Bonchev–Trinajstić information content (AvgIpc) is 2.62. The van der Waals surface area contributed by atoms with Crippen LogP contribution in [0.3, 0.4) is 0 Å². The van der Waals surface area contributed by atoms with Crippen LogP contribution in [0.4, 0.5) is 0 Å². The molecule has 3 rings (SSSR count). The van der Waals surface area contributed by atoms with E-state index in [4.69, 9.17) is 23.2 Å². The zero-order valence-corrected chi connectivity index (χ0v) is 14.4. The summed E-state index contributed by atoms with van der Waals surface area (Å²) in [6, 6.07) is 24.8. The van der Waals surface area contributed by atoms with Gasteiger partial charge < -0.3 is 5.11 Å². The van der Waals surface area contributed by atoms with E-state index in [1.54, 1.807) is 12.1 Å². The molecule has 0 saturated carbocycles. The van der Waals surface area contributed by atoms with Crippen LogP contribution in [0.15, 0.2) is 84.9 Å². The first-order valence-corrected chi connectivity index (χ1v) is 8.36. The van der Waals surface area contributed by atoms with Gasteiger partial charge in [-0.1, -0.05) is 77.8 Å². The van der Waals surface area contributed by atoms with Crippen LogP contribution in [0.2, 0.25) is 10.0 Å². The molecule has 0 unspecified atom stereocenters. The van der Waals surface area contributed by atoms with E-state index < -0.39 is 6.10 Å². The zero-order chi connectivity index (χ0) is 16.9. The van der Waals surface area contributed by atoms with Gasteiger partial charge in [0.25, 0.3) is 0 Å². The van der Waals surface area contributed by atoms with Crippen molar-refractivity contribution in [2.45, 2.75) is 6.10 Å². The fourth-order valence-corrected chi connectivity index (χ4v) is 2.77. The lowest BCUT2D eigenvalue weighted by Crippen LogP contribution is -1.96. The number of rotatable bonds is 4. The molecule has 120 valence electrons. The van der Waals surface area contributed by atoms with Crippen LogP contribution in [0, 0.1) is 0 Å². The molecule has 1 atom stereocenters. The van der Waals surface area contributed by atoms with Gasteiger partial charge in [0.15, 0.2) is 0 Å². The molecule has 0 aliphatic carbocycles. The Labute approximate surface area is 151 Å². The molecule has 0 heterocycles. The largest absolute Gasteiger partial charge is 0.384 e. The van der Waals surface area contributed by atoms with Crippen molar-refractivity contribution in [2.75, 3.05) is 0 Å². The molecule has 0 amide bonds. The van der Waals surface area contributed by atoms with E-state index in [0.29, 0.717) is 10.0 Å². The highest BCUT2D eigenvalue weighted by Crippen LogP contribution is 2.28. The second-order valence-electron chi connectivity index (χ2n) is 5.45. The van der Waals surface area contributed by atoms with Gasteiger partial charge in [-0.3, -0.25) is 0 Å². The monoisotopic (exact) mass is 354 g/mol. The minimum atomic E-state index is -0.729. The maximum atomic E-state index is 10.6. The molecule has 1 nitrogen and oxygen atoms in total. The topological polar surface area (TPSA) is 20.2 Å². The Hall–Kier alpha value is -2.06. The highest BCUT2D eigenvalue weighted by atomic mass is 35.5. The van der Waals surface area contributed by atoms with Crippen molar-refractivity contribution < 1.29 is 5.11 Å². The van der Waals surface area contributed by atoms with E-state index in [9.17, 15) is 5.11 Å². The third-order valence-electron chi connectivity index (χ3n) is 3.78. The second-order valence-corrected chi connectivity index (χ2v) is 6.32. The molecule has 0 bridgehead atoms. The normalized spacial score (nSPS) is 12.9. The van der Waals surface area contributed by atoms with E-state index in [2.05, 4.69) is 0 Å². The highest BCUT2D eigenvalue weighted by Gasteiger charge is 2.10. The molecular formula is C21H16Cl2O. The van der Waals surface area contributed by atoms with Gasteiger partial charge in [0.1, 0.15) is 0 Å². The van der Waals surface area contributed by atoms with Gasteiger partial charge in [-0.2, -0.15) is 0 Å². The lowest BCUT2D eigenvalue weighted by molar-refractivity contribution is 0.229. The van der Waals surface area contributed by atoms with Crippen LogP contribution in [0.1, 0.15) is 22.8 Å². The summed E-state index contributed by atoms with van der Waals surface area (Å²) in [4.78, 5) is 0. The Kier molecular flexibility index (Phi) is 5.37. The summed E-state index contributed by atoms with van der Waals surface area (Å²) < 4.78 is 0. The number of hydrogen-bond donors (Lipinski definition) is 1. The summed E-state index contributed by atoms with van der Waals surface area (Å²) in [7, 11) is 0. The van der Waals surface area contributed by atoms with E-state index in [-0.39, 0.29) is 0 Å². The zero-order valence-electron chi connectivity index (χ0n) is 12.9. The van der Waals surface area contributed by atoms with Gasteiger partial charge in [-0.25, -0.2) is 0 Å². The summed E-state index contributed by atoms with van der Waals surface area (Å²) in [6.45, 7) is 0. The van der Waals surface area contributed by atoms with Crippen molar-refractivity contribution in [1.29, 1.82) is 0 Å². The molecule has 3 heteroatoms. The van der Waals surface area contributed by atoms with Gasteiger partial charge in [0.2, 0.25) is 0 Å². The van der Waals surface area contributed by atoms with Crippen LogP contribution in [-0.2, 0) is 0 Å². The van der Waals surface area contributed by atoms with E-state index >= 15 is 0 Å². The van der Waals surface area contributed by atoms with Crippen molar-refractivity contribution in [3.8, 4) is 0 Å². The van der Waals surface area contributed by atoms with E-state index in [1.807, 2.05) is 72.8 Å². The fourth-order valence-electron chi connectivity index (χ4n) is 2.52. The van der Waals surface area contributed by atoms with Gasteiger partial charge in [-0.15, -0.1) is 0 Å². The molecule has 24 heavy (non-hydrogen) atoms. The minimum absolute atomic E-state index is 0.649. The molecule has 3 aromatic rings. The number of aliphatic hydroxyl groups excluding tert-OH is 1. The Morgan fingerprint density at radius 3 is 1.79 bits per heavy atom. The molecule has 0 spiro atoms. The van der Waals surface area contributed by atoms with Crippen molar-refractivity contribution in [3.05, 3.63) is 112 Å². The average molecular weight is 355 g/mol. The van der Waals surface area contributed by atoms with Crippen LogP contribution in [0.25, 0.3) is 5.57 Å². The summed E-state index contributed by atoms with van der Waals surface area (Å²) >= 11 is 11.9. The fraction of sp³-hybridized carbons (Fsp3) is 0.0476. The smallest absolute Gasteiger partial charge is 0.0981 e. The third-order valence-corrected chi connectivity index (χ3v) is 4.28. The summed E-state index contributed by atoms with van der Waals surface area (Å²) in [5.74, 6) is 0. The van der Waals surface area contributed by atoms with Gasteiger partial charge >= 0.3 is 0 Å². The molecule has 0 aliphatic rings. The molecule has 0 aromatic heterocycles. The third kappa shape index (κ3) is 4.07. The Morgan fingerprint density at radius 2 is 1.21 bits per heavy atom. The summed E-state index contributed by atoms with van der Waals surface area (Å²) in [5.41, 5.74) is 3.78. The second kappa shape index (κ2) is 7.67. The maximum Gasteiger partial charge on any atom is 0.0981 e. The van der Waals surface area contributed by atoms with Crippen molar-refractivity contribution in [2.24, 2.45) is 0 Å². The number of benzene rings is 3. The first-order chi connectivity index (χ1) is 11.6. The van der Waals surface area contributed by atoms with Crippen LogP contribution in [0.5, 0.6) is 0 Å². The Balaban J connectivity index is 2.03. The number of hydrogen-bond acceptors (Lipinski definition) is 1. The predicted molar refractivity (Wildman–Crippen MR) is 101 cm³/mol.